The first-order chi connectivity index (χ1) is 7.73. The molecule has 0 N–H and O–H groups in total. The first-order valence-electron chi connectivity index (χ1n) is 5.56. The molecule has 5 heteroatoms. The summed E-state index contributed by atoms with van der Waals surface area (Å²) in [7, 11) is 0.219. The largest absolute Gasteiger partial charge is 0.744 e. The fraction of sp³-hybridized carbons (Fsp3) is 0.500. The number of hydrogen-bond acceptors (Lipinski definition) is 3. The predicted molar refractivity (Wildman–Crippen MR) is 67.6 cm³/mol. The summed E-state index contributed by atoms with van der Waals surface area (Å²) in [4.78, 5) is -0.185. The zero-order valence-electron chi connectivity index (χ0n) is 10.9. The summed E-state index contributed by atoms with van der Waals surface area (Å²) in [6.07, 6.45) is 0. The molecule has 0 aliphatic carbocycles. The second-order valence-electron chi connectivity index (χ2n) is 4.34. The lowest BCUT2D eigenvalue weighted by atomic mass is 10.4. The first-order valence-corrected chi connectivity index (χ1v) is 6.96. The Bertz CT molecular complexity index is 407. The molecule has 0 unspecified atom stereocenters. The smallest absolute Gasteiger partial charge is 0.124 e. The fourth-order valence-corrected chi connectivity index (χ4v) is 1.30. The molecule has 0 saturated carbocycles. The molecule has 0 aliphatic heterocycles. The lowest BCUT2D eigenvalue weighted by molar-refractivity contribution is -0.886. The topological polar surface area (TPSA) is 57.2 Å². The number of hydrogen-bond donors (Lipinski definition) is 0. The van der Waals surface area contributed by atoms with E-state index in [2.05, 4.69) is 27.9 Å². The minimum atomic E-state index is -4.25. The average Bonchev–Trinajstić information content (AvgIpc) is 2.30. The van der Waals surface area contributed by atoms with Crippen LogP contribution in [0.15, 0.2) is 35.2 Å². The van der Waals surface area contributed by atoms with Crippen molar-refractivity contribution in [3.05, 3.63) is 30.3 Å². The molecule has 1 aromatic carbocycles. The summed E-state index contributed by atoms with van der Waals surface area (Å²) in [5.74, 6) is 0. The Balaban J connectivity index is 0.000000325. The third kappa shape index (κ3) is 7.10. The van der Waals surface area contributed by atoms with Gasteiger partial charge in [0.25, 0.3) is 0 Å². The van der Waals surface area contributed by atoms with Gasteiger partial charge in [-0.25, -0.2) is 8.42 Å². The Hall–Kier alpha value is -0.910. The molecule has 98 valence electrons. The second kappa shape index (κ2) is 6.74. The van der Waals surface area contributed by atoms with Gasteiger partial charge in [0.05, 0.1) is 32.1 Å². The van der Waals surface area contributed by atoms with E-state index in [0.717, 1.165) is 4.48 Å². The molecule has 0 heterocycles. The van der Waals surface area contributed by atoms with Gasteiger partial charge in [-0.15, -0.1) is 0 Å². The quantitative estimate of drug-likeness (QED) is 0.613. The summed E-state index contributed by atoms with van der Waals surface area (Å²) in [5.41, 5.74) is 0. The van der Waals surface area contributed by atoms with Gasteiger partial charge in [0.1, 0.15) is 10.1 Å². The van der Waals surface area contributed by atoms with Crippen LogP contribution in [-0.2, 0) is 10.1 Å². The van der Waals surface area contributed by atoms with Crippen LogP contribution in [0.1, 0.15) is 13.8 Å². The molecule has 1 rings (SSSR count). The van der Waals surface area contributed by atoms with Crippen molar-refractivity contribution in [1.82, 2.24) is 0 Å². The van der Waals surface area contributed by atoms with Crippen LogP contribution in [0, 0.1) is 0 Å². The van der Waals surface area contributed by atoms with E-state index < -0.39 is 10.1 Å². The van der Waals surface area contributed by atoms with Gasteiger partial charge in [0.15, 0.2) is 0 Å². The molecule has 0 bridgehead atoms. The van der Waals surface area contributed by atoms with Gasteiger partial charge in [-0.2, -0.15) is 0 Å². The highest BCUT2D eigenvalue weighted by Crippen LogP contribution is 2.04. The second-order valence-corrected chi connectivity index (χ2v) is 5.72. The molecule has 0 aromatic heterocycles. The minimum Gasteiger partial charge on any atom is -0.744 e. The van der Waals surface area contributed by atoms with Crippen LogP contribution in [-0.4, -0.2) is 44.6 Å². The number of benzene rings is 1. The standard InChI is InChI=1S/C6H16N.C6H6O3S/c1-5-7(3,4)6-2;7-10(8,9)6-4-2-1-3-5-6/h5-6H2,1-4H3;1-5H,(H,7,8,9)/q+1;/p-1. The van der Waals surface area contributed by atoms with Gasteiger partial charge in [-0.1, -0.05) is 18.2 Å². The number of nitrogens with zero attached hydrogens (tertiary/aromatic N) is 1. The van der Waals surface area contributed by atoms with Gasteiger partial charge in [0.2, 0.25) is 0 Å². The van der Waals surface area contributed by atoms with Crippen LogP contribution in [0.2, 0.25) is 0 Å². The van der Waals surface area contributed by atoms with Gasteiger partial charge >= 0.3 is 0 Å². The molecule has 1 aromatic rings. The van der Waals surface area contributed by atoms with E-state index in [0.29, 0.717) is 0 Å². The van der Waals surface area contributed by atoms with Crippen molar-refractivity contribution in [2.24, 2.45) is 0 Å². The van der Waals surface area contributed by atoms with Crippen molar-refractivity contribution in [1.29, 1.82) is 0 Å². The predicted octanol–water partition coefficient (Wildman–Crippen LogP) is 1.69. The average molecular weight is 259 g/mol. The highest BCUT2D eigenvalue weighted by molar-refractivity contribution is 7.85. The Labute approximate surface area is 104 Å². The molecule has 17 heavy (non-hydrogen) atoms. The Morgan fingerprint density at radius 2 is 1.47 bits per heavy atom. The lowest BCUT2D eigenvalue weighted by Crippen LogP contribution is -2.38. The molecule has 0 aliphatic rings. The molecular weight excluding hydrogens is 238 g/mol. The molecule has 4 nitrogen and oxygen atoms in total. The maximum Gasteiger partial charge on any atom is 0.124 e. The van der Waals surface area contributed by atoms with Crippen molar-refractivity contribution >= 4 is 10.1 Å². The zero-order chi connectivity index (χ0) is 13.5. The van der Waals surface area contributed by atoms with Crippen molar-refractivity contribution in [3.8, 4) is 0 Å². The van der Waals surface area contributed by atoms with Crippen LogP contribution in [0.25, 0.3) is 0 Å². The van der Waals surface area contributed by atoms with Crippen LogP contribution in [0.3, 0.4) is 0 Å². The number of quaternary nitrogens is 1. The summed E-state index contributed by atoms with van der Waals surface area (Å²) >= 11 is 0. The molecule has 0 spiro atoms. The van der Waals surface area contributed by atoms with E-state index in [1.807, 2.05) is 0 Å². The summed E-state index contributed by atoms with van der Waals surface area (Å²) in [6.45, 7) is 6.89. The SMILES string of the molecule is CC[N+](C)(C)CC.O=S(=O)([O-])c1ccccc1. The normalized spacial score (nSPS) is 11.6. The molecule has 0 radical (unpaired) electrons. The van der Waals surface area contributed by atoms with E-state index in [4.69, 9.17) is 0 Å². The van der Waals surface area contributed by atoms with Crippen LogP contribution < -0.4 is 0 Å². The molecule has 0 saturated heterocycles. The van der Waals surface area contributed by atoms with E-state index >= 15 is 0 Å². The van der Waals surface area contributed by atoms with Crippen LogP contribution in [0.4, 0.5) is 0 Å². The summed E-state index contributed by atoms with van der Waals surface area (Å²) in [5, 5.41) is 0. The van der Waals surface area contributed by atoms with E-state index in [1.54, 1.807) is 6.07 Å². The van der Waals surface area contributed by atoms with Gasteiger partial charge in [-0.3, -0.25) is 0 Å². The van der Waals surface area contributed by atoms with Crippen LogP contribution >= 0.6 is 0 Å². The minimum absolute atomic E-state index is 0.185. The van der Waals surface area contributed by atoms with E-state index in [9.17, 15) is 13.0 Å². The molecule has 0 amide bonds. The van der Waals surface area contributed by atoms with Crippen molar-refractivity contribution in [2.75, 3.05) is 27.2 Å². The van der Waals surface area contributed by atoms with Crippen molar-refractivity contribution < 1.29 is 17.5 Å². The summed E-state index contributed by atoms with van der Waals surface area (Å²) < 4.78 is 32.0. The maximum atomic E-state index is 10.3. The van der Waals surface area contributed by atoms with E-state index in [1.165, 1.54) is 37.4 Å². The Kier molecular flexibility index (Phi) is 6.37. The third-order valence-electron chi connectivity index (χ3n) is 2.74. The molecule has 0 fully saturated rings. The lowest BCUT2D eigenvalue weighted by Gasteiger charge is -2.25. The summed E-state index contributed by atoms with van der Waals surface area (Å²) in [6, 6.07) is 7.19. The van der Waals surface area contributed by atoms with Crippen molar-refractivity contribution in [2.45, 2.75) is 18.7 Å². The number of rotatable bonds is 3. The van der Waals surface area contributed by atoms with Crippen molar-refractivity contribution in [3.63, 3.8) is 0 Å². The monoisotopic (exact) mass is 259 g/mol. The van der Waals surface area contributed by atoms with Gasteiger partial charge < -0.3 is 9.04 Å². The Morgan fingerprint density at radius 3 is 1.65 bits per heavy atom. The fourth-order valence-electron chi connectivity index (χ4n) is 0.811. The molecule has 0 atom stereocenters. The third-order valence-corrected chi connectivity index (χ3v) is 3.59. The zero-order valence-corrected chi connectivity index (χ0v) is 11.7. The Morgan fingerprint density at radius 1 is 1.06 bits per heavy atom. The van der Waals surface area contributed by atoms with Crippen LogP contribution in [0.5, 0.6) is 0 Å². The van der Waals surface area contributed by atoms with Gasteiger partial charge in [0, 0.05) is 0 Å². The maximum absolute atomic E-state index is 10.3. The highest BCUT2D eigenvalue weighted by Gasteiger charge is 2.04. The molecular formula is C12H21NO3S. The highest BCUT2D eigenvalue weighted by atomic mass is 32.2. The van der Waals surface area contributed by atoms with E-state index in [-0.39, 0.29) is 4.90 Å². The van der Waals surface area contributed by atoms with Gasteiger partial charge in [-0.05, 0) is 26.0 Å². The first kappa shape index (κ1) is 16.1.